The van der Waals surface area contributed by atoms with Crippen molar-refractivity contribution in [2.75, 3.05) is 5.73 Å². The summed E-state index contributed by atoms with van der Waals surface area (Å²) in [5.41, 5.74) is 7.63. The van der Waals surface area contributed by atoms with Crippen molar-refractivity contribution in [1.29, 1.82) is 0 Å². The number of hydrogen-bond acceptors (Lipinski definition) is 4. The average molecular weight is 308 g/mol. The van der Waals surface area contributed by atoms with E-state index in [0.717, 1.165) is 11.1 Å². The first-order valence-corrected chi connectivity index (χ1v) is 7.13. The van der Waals surface area contributed by atoms with E-state index in [-0.39, 0.29) is 6.42 Å². The van der Waals surface area contributed by atoms with Gasteiger partial charge in [0, 0.05) is 11.7 Å². The van der Waals surface area contributed by atoms with Gasteiger partial charge in [-0.3, -0.25) is 4.79 Å². The third kappa shape index (κ3) is 6.47. The fourth-order valence-corrected chi connectivity index (χ4v) is 2.04. The number of anilines is 1. The van der Waals surface area contributed by atoms with Crippen molar-refractivity contribution in [1.82, 2.24) is 5.32 Å². The Morgan fingerprint density at radius 3 is 2.55 bits per heavy atom. The van der Waals surface area contributed by atoms with Crippen LogP contribution in [0, 0.1) is 6.92 Å². The number of carbonyl (C=O) groups is 2. The maximum atomic E-state index is 11.8. The molecule has 0 spiro atoms. The van der Waals surface area contributed by atoms with E-state index in [1.54, 1.807) is 32.9 Å². The van der Waals surface area contributed by atoms with Crippen LogP contribution in [0.3, 0.4) is 0 Å². The summed E-state index contributed by atoms with van der Waals surface area (Å²) in [6.45, 7) is 7.17. The smallest absolute Gasteiger partial charge is 0.407 e. The number of carboxylic acids is 1. The van der Waals surface area contributed by atoms with Crippen LogP contribution in [0.1, 0.15) is 38.3 Å². The van der Waals surface area contributed by atoms with Gasteiger partial charge in [0.05, 0.1) is 6.42 Å². The van der Waals surface area contributed by atoms with Gasteiger partial charge in [0.15, 0.2) is 0 Å². The second-order valence-electron chi connectivity index (χ2n) is 6.33. The van der Waals surface area contributed by atoms with Gasteiger partial charge in [-0.1, -0.05) is 6.07 Å². The van der Waals surface area contributed by atoms with E-state index < -0.39 is 23.7 Å². The topological polar surface area (TPSA) is 102 Å². The van der Waals surface area contributed by atoms with Gasteiger partial charge in [-0.2, -0.15) is 0 Å². The van der Waals surface area contributed by atoms with E-state index in [1.165, 1.54) is 0 Å². The zero-order valence-corrected chi connectivity index (χ0v) is 13.5. The van der Waals surface area contributed by atoms with Crippen molar-refractivity contribution in [3.63, 3.8) is 0 Å². The van der Waals surface area contributed by atoms with E-state index in [9.17, 15) is 9.59 Å². The lowest BCUT2D eigenvalue weighted by atomic mass is 9.98. The molecule has 1 aromatic rings. The molecule has 0 aliphatic carbocycles. The van der Waals surface area contributed by atoms with Gasteiger partial charge in [-0.25, -0.2) is 4.79 Å². The predicted molar refractivity (Wildman–Crippen MR) is 84.7 cm³/mol. The Bertz CT molecular complexity index is 550. The van der Waals surface area contributed by atoms with Crippen LogP contribution in [0.15, 0.2) is 18.2 Å². The van der Waals surface area contributed by atoms with Crippen LogP contribution < -0.4 is 11.1 Å². The van der Waals surface area contributed by atoms with E-state index in [2.05, 4.69) is 5.32 Å². The number of alkyl carbamates (subject to hydrolysis) is 1. The monoisotopic (exact) mass is 308 g/mol. The Kier molecular flexibility index (Phi) is 5.79. The van der Waals surface area contributed by atoms with Crippen molar-refractivity contribution in [2.24, 2.45) is 0 Å². The summed E-state index contributed by atoms with van der Waals surface area (Å²) in [5, 5.41) is 11.6. The highest BCUT2D eigenvalue weighted by molar-refractivity contribution is 5.71. The van der Waals surface area contributed by atoms with Gasteiger partial charge in [0.2, 0.25) is 0 Å². The Morgan fingerprint density at radius 2 is 2.00 bits per heavy atom. The van der Waals surface area contributed by atoms with Crippen molar-refractivity contribution < 1.29 is 19.4 Å². The number of carboxylic acid groups (broad SMARTS) is 1. The molecule has 122 valence electrons. The highest BCUT2D eigenvalue weighted by atomic mass is 16.6. The molecule has 6 heteroatoms. The first-order valence-electron chi connectivity index (χ1n) is 7.13. The number of rotatable bonds is 5. The molecular formula is C16H24N2O4. The number of amides is 1. The number of nitrogens with one attached hydrogen (secondary N) is 1. The molecule has 1 amide bonds. The zero-order valence-electron chi connectivity index (χ0n) is 13.5. The van der Waals surface area contributed by atoms with Crippen molar-refractivity contribution in [3.05, 3.63) is 29.3 Å². The molecule has 1 atom stereocenters. The Balaban J connectivity index is 2.82. The number of ether oxygens (including phenoxy) is 1. The average Bonchev–Trinajstić information content (AvgIpc) is 2.30. The van der Waals surface area contributed by atoms with Gasteiger partial charge < -0.3 is 20.9 Å². The number of aryl methyl sites for hydroxylation is 1. The minimum atomic E-state index is -0.984. The third-order valence-corrected chi connectivity index (χ3v) is 2.98. The third-order valence-electron chi connectivity index (χ3n) is 2.98. The van der Waals surface area contributed by atoms with Crippen molar-refractivity contribution in [3.8, 4) is 0 Å². The quantitative estimate of drug-likeness (QED) is 0.725. The number of hydrogen-bond donors (Lipinski definition) is 3. The van der Waals surface area contributed by atoms with Gasteiger partial charge in [-0.05, 0) is 57.4 Å². The molecule has 0 aromatic heterocycles. The zero-order chi connectivity index (χ0) is 16.9. The normalized spacial score (nSPS) is 12.5. The molecule has 0 heterocycles. The summed E-state index contributed by atoms with van der Waals surface area (Å²) in [7, 11) is 0. The van der Waals surface area contributed by atoms with E-state index >= 15 is 0 Å². The molecule has 1 rings (SSSR count). The summed E-state index contributed by atoms with van der Waals surface area (Å²) in [6.07, 6.45) is -0.434. The number of nitrogen functional groups attached to an aromatic ring is 1. The number of carbonyl (C=O) groups excluding carboxylic acids is 1. The summed E-state index contributed by atoms with van der Waals surface area (Å²) in [5.74, 6) is -0.984. The molecule has 0 aliphatic heterocycles. The van der Waals surface area contributed by atoms with E-state index in [1.807, 2.05) is 13.0 Å². The molecule has 0 unspecified atom stereocenters. The fourth-order valence-electron chi connectivity index (χ4n) is 2.04. The molecule has 0 aliphatic rings. The Labute approximate surface area is 130 Å². The number of benzene rings is 1. The largest absolute Gasteiger partial charge is 0.481 e. The summed E-state index contributed by atoms with van der Waals surface area (Å²) < 4.78 is 5.17. The summed E-state index contributed by atoms with van der Waals surface area (Å²) in [4.78, 5) is 22.8. The highest BCUT2D eigenvalue weighted by Crippen LogP contribution is 2.16. The van der Waals surface area contributed by atoms with Crippen LogP contribution in [0.25, 0.3) is 0 Å². The molecule has 4 N–H and O–H groups in total. The molecule has 0 saturated heterocycles. The first-order chi connectivity index (χ1) is 10.1. The lowest BCUT2D eigenvalue weighted by Gasteiger charge is -2.23. The number of nitrogens with two attached hydrogens (primary N) is 1. The van der Waals surface area contributed by atoms with Crippen LogP contribution in [-0.4, -0.2) is 28.8 Å². The molecule has 1 aromatic carbocycles. The van der Waals surface area contributed by atoms with Crippen LogP contribution in [-0.2, 0) is 16.0 Å². The van der Waals surface area contributed by atoms with Crippen molar-refractivity contribution >= 4 is 17.7 Å². The van der Waals surface area contributed by atoms with E-state index in [4.69, 9.17) is 15.6 Å². The van der Waals surface area contributed by atoms with E-state index in [0.29, 0.717) is 12.1 Å². The maximum absolute atomic E-state index is 11.8. The SMILES string of the molecule is Cc1ccc(N)cc1C[C@H](CC(=O)O)NC(=O)OC(C)(C)C. The van der Waals surface area contributed by atoms with Crippen molar-refractivity contribution in [2.45, 2.75) is 52.2 Å². The molecule has 0 radical (unpaired) electrons. The summed E-state index contributed by atoms with van der Waals surface area (Å²) >= 11 is 0. The second-order valence-corrected chi connectivity index (χ2v) is 6.33. The van der Waals surface area contributed by atoms with Crippen LogP contribution >= 0.6 is 0 Å². The van der Waals surface area contributed by atoms with Gasteiger partial charge in [0.25, 0.3) is 0 Å². The van der Waals surface area contributed by atoms with Crippen LogP contribution in [0.4, 0.5) is 10.5 Å². The van der Waals surface area contributed by atoms with Crippen LogP contribution in [0.5, 0.6) is 0 Å². The molecule has 22 heavy (non-hydrogen) atoms. The lowest BCUT2D eigenvalue weighted by Crippen LogP contribution is -2.41. The molecular weight excluding hydrogens is 284 g/mol. The first kappa shape index (κ1) is 17.8. The molecule has 6 nitrogen and oxygen atoms in total. The molecule has 0 bridgehead atoms. The molecule has 0 saturated carbocycles. The van der Waals surface area contributed by atoms with Gasteiger partial charge in [-0.15, -0.1) is 0 Å². The summed E-state index contributed by atoms with van der Waals surface area (Å²) in [6, 6.07) is 4.89. The Hall–Kier alpha value is -2.24. The fraction of sp³-hybridized carbons (Fsp3) is 0.500. The highest BCUT2D eigenvalue weighted by Gasteiger charge is 2.22. The minimum Gasteiger partial charge on any atom is -0.481 e. The Morgan fingerprint density at radius 1 is 1.36 bits per heavy atom. The maximum Gasteiger partial charge on any atom is 0.407 e. The standard InChI is InChI=1S/C16H24N2O4/c1-10-5-6-12(17)7-11(10)8-13(9-14(19)20)18-15(21)22-16(2,3)4/h5-7,13H,8-9,17H2,1-4H3,(H,18,21)(H,19,20)/t13-/m1/s1. The predicted octanol–water partition coefficient (Wildman–Crippen LogP) is 2.49. The molecule has 0 fully saturated rings. The van der Waals surface area contributed by atoms with Gasteiger partial charge >= 0.3 is 12.1 Å². The van der Waals surface area contributed by atoms with Gasteiger partial charge in [0.1, 0.15) is 5.60 Å². The number of aliphatic carboxylic acids is 1. The van der Waals surface area contributed by atoms with Crippen LogP contribution in [0.2, 0.25) is 0 Å². The second kappa shape index (κ2) is 7.15. The minimum absolute atomic E-state index is 0.187. The lowest BCUT2D eigenvalue weighted by molar-refractivity contribution is -0.137.